The molecule has 0 bridgehead atoms. The standard InChI is InChI=1S/C6H7F2N3O.ClH/c7-5(8)3-11-2-1-4(10-11)6(9)12;/h1-2,5H,3H2,(H2,9,12);1H. The monoisotopic (exact) mass is 211 g/mol. The second-order valence-corrected chi connectivity index (χ2v) is 2.18. The number of rotatable bonds is 3. The lowest BCUT2D eigenvalue weighted by Gasteiger charge is -1.97. The largest absolute Gasteiger partial charge is 0.364 e. The summed E-state index contributed by atoms with van der Waals surface area (Å²) >= 11 is 0. The van der Waals surface area contributed by atoms with Crippen LogP contribution >= 0.6 is 12.4 Å². The summed E-state index contributed by atoms with van der Waals surface area (Å²) in [5.74, 6) is -0.719. The number of hydrogen-bond acceptors (Lipinski definition) is 2. The van der Waals surface area contributed by atoms with Crippen LogP contribution in [0.4, 0.5) is 8.78 Å². The molecule has 7 heteroatoms. The summed E-state index contributed by atoms with van der Waals surface area (Å²) in [6.45, 7) is -0.521. The van der Waals surface area contributed by atoms with Gasteiger partial charge in [0.1, 0.15) is 12.2 Å². The highest BCUT2D eigenvalue weighted by molar-refractivity contribution is 5.90. The molecule has 1 heterocycles. The highest BCUT2D eigenvalue weighted by Crippen LogP contribution is 1.99. The van der Waals surface area contributed by atoms with E-state index in [0.717, 1.165) is 4.68 Å². The van der Waals surface area contributed by atoms with Gasteiger partial charge in [0.2, 0.25) is 0 Å². The molecular formula is C6H8ClF2N3O. The lowest BCUT2D eigenvalue weighted by atomic mass is 10.4. The van der Waals surface area contributed by atoms with Gasteiger partial charge in [-0.3, -0.25) is 9.48 Å². The first kappa shape index (κ1) is 11.8. The molecule has 4 nitrogen and oxygen atoms in total. The molecule has 74 valence electrons. The van der Waals surface area contributed by atoms with Crippen LogP contribution in [0.3, 0.4) is 0 Å². The van der Waals surface area contributed by atoms with Gasteiger partial charge in [-0.1, -0.05) is 0 Å². The Labute approximate surface area is 79.1 Å². The van der Waals surface area contributed by atoms with E-state index in [1.807, 2.05) is 0 Å². The highest BCUT2D eigenvalue weighted by Gasteiger charge is 2.07. The molecule has 0 saturated heterocycles. The van der Waals surface area contributed by atoms with Gasteiger partial charge < -0.3 is 5.73 Å². The van der Waals surface area contributed by atoms with Gasteiger partial charge in [0.25, 0.3) is 12.3 Å². The molecule has 1 rings (SSSR count). The number of halogens is 3. The number of primary amides is 1. The number of nitrogens with two attached hydrogens (primary N) is 1. The lowest BCUT2D eigenvalue weighted by molar-refractivity contribution is 0.0989. The van der Waals surface area contributed by atoms with Crippen LogP contribution in [0.15, 0.2) is 12.3 Å². The molecule has 0 unspecified atom stereocenters. The molecule has 0 spiro atoms. The van der Waals surface area contributed by atoms with Crippen LogP contribution < -0.4 is 5.73 Å². The maximum Gasteiger partial charge on any atom is 0.269 e. The van der Waals surface area contributed by atoms with Crippen molar-refractivity contribution < 1.29 is 13.6 Å². The topological polar surface area (TPSA) is 60.9 Å². The molecular weight excluding hydrogens is 204 g/mol. The van der Waals surface area contributed by atoms with Crippen LogP contribution in [0.2, 0.25) is 0 Å². The highest BCUT2D eigenvalue weighted by atomic mass is 35.5. The Morgan fingerprint density at radius 3 is 2.69 bits per heavy atom. The van der Waals surface area contributed by atoms with Gasteiger partial charge in [0, 0.05) is 6.20 Å². The molecule has 0 aliphatic carbocycles. The van der Waals surface area contributed by atoms with E-state index < -0.39 is 18.9 Å². The molecule has 13 heavy (non-hydrogen) atoms. The maximum atomic E-state index is 11.8. The van der Waals surface area contributed by atoms with E-state index in [1.165, 1.54) is 12.3 Å². The van der Waals surface area contributed by atoms with Crippen molar-refractivity contribution in [2.75, 3.05) is 0 Å². The molecule has 0 atom stereocenters. The van der Waals surface area contributed by atoms with Gasteiger partial charge in [-0.2, -0.15) is 5.10 Å². The van der Waals surface area contributed by atoms with Crippen molar-refractivity contribution in [3.63, 3.8) is 0 Å². The first-order chi connectivity index (χ1) is 5.59. The fraction of sp³-hybridized carbons (Fsp3) is 0.333. The van der Waals surface area contributed by atoms with E-state index in [1.54, 1.807) is 0 Å². The third-order valence-electron chi connectivity index (χ3n) is 1.22. The quantitative estimate of drug-likeness (QED) is 0.799. The van der Waals surface area contributed by atoms with Gasteiger partial charge in [-0.25, -0.2) is 8.78 Å². The van der Waals surface area contributed by atoms with Crippen LogP contribution in [0, 0.1) is 0 Å². The van der Waals surface area contributed by atoms with Gasteiger partial charge in [0.05, 0.1) is 0 Å². The van der Waals surface area contributed by atoms with Gasteiger partial charge in [-0.15, -0.1) is 12.4 Å². The van der Waals surface area contributed by atoms with Crippen molar-refractivity contribution in [1.29, 1.82) is 0 Å². The Kier molecular flexibility index (Phi) is 4.33. The summed E-state index contributed by atoms with van der Waals surface area (Å²) < 4.78 is 24.5. The number of hydrogen-bond donors (Lipinski definition) is 1. The number of alkyl halides is 2. The number of nitrogens with zero attached hydrogens (tertiary/aromatic N) is 2. The summed E-state index contributed by atoms with van der Waals surface area (Å²) in [6.07, 6.45) is -1.20. The van der Waals surface area contributed by atoms with Gasteiger partial charge in [-0.05, 0) is 6.07 Å². The zero-order chi connectivity index (χ0) is 9.14. The smallest absolute Gasteiger partial charge is 0.269 e. The van der Waals surface area contributed by atoms with Crippen molar-refractivity contribution in [3.05, 3.63) is 18.0 Å². The van der Waals surface area contributed by atoms with E-state index in [4.69, 9.17) is 5.73 Å². The summed E-state index contributed by atoms with van der Waals surface area (Å²) in [4.78, 5) is 10.5. The minimum absolute atomic E-state index is 0. The third-order valence-corrected chi connectivity index (χ3v) is 1.22. The molecule has 1 aromatic rings. The second-order valence-electron chi connectivity index (χ2n) is 2.18. The Morgan fingerprint density at radius 1 is 1.69 bits per heavy atom. The number of aromatic nitrogens is 2. The number of amides is 1. The Balaban J connectivity index is 0.00000144. The fourth-order valence-electron chi connectivity index (χ4n) is 0.736. The lowest BCUT2D eigenvalue weighted by Crippen LogP contribution is -2.13. The van der Waals surface area contributed by atoms with Crippen molar-refractivity contribution >= 4 is 18.3 Å². The van der Waals surface area contributed by atoms with Crippen LogP contribution in [0.1, 0.15) is 10.5 Å². The molecule has 1 amide bonds. The molecule has 1 aromatic heterocycles. The zero-order valence-electron chi connectivity index (χ0n) is 6.48. The number of carbonyl (C=O) groups excluding carboxylic acids is 1. The maximum absolute atomic E-state index is 11.8. The van der Waals surface area contributed by atoms with E-state index in [9.17, 15) is 13.6 Å². The summed E-state index contributed by atoms with van der Waals surface area (Å²) in [7, 11) is 0. The van der Waals surface area contributed by atoms with E-state index >= 15 is 0 Å². The van der Waals surface area contributed by atoms with E-state index in [2.05, 4.69) is 5.10 Å². The predicted molar refractivity (Wildman–Crippen MR) is 44.0 cm³/mol. The van der Waals surface area contributed by atoms with E-state index in [-0.39, 0.29) is 18.1 Å². The van der Waals surface area contributed by atoms with Crippen LogP contribution in [-0.2, 0) is 6.54 Å². The minimum atomic E-state index is -2.48. The Hall–Kier alpha value is -1.17. The zero-order valence-corrected chi connectivity index (χ0v) is 7.30. The third kappa shape index (κ3) is 3.37. The normalized spacial score (nSPS) is 9.77. The van der Waals surface area contributed by atoms with Crippen molar-refractivity contribution in [2.24, 2.45) is 5.73 Å². The minimum Gasteiger partial charge on any atom is -0.364 e. The summed E-state index contributed by atoms with van der Waals surface area (Å²) in [6, 6.07) is 1.30. The molecule has 0 fully saturated rings. The fourth-order valence-corrected chi connectivity index (χ4v) is 0.736. The SMILES string of the molecule is Cl.NC(=O)c1ccn(CC(F)F)n1. The molecule has 2 N–H and O–H groups in total. The van der Waals surface area contributed by atoms with Crippen molar-refractivity contribution in [3.8, 4) is 0 Å². The summed E-state index contributed by atoms with van der Waals surface area (Å²) in [5, 5.41) is 3.51. The van der Waals surface area contributed by atoms with Crippen LogP contribution in [0.5, 0.6) is 0 Å². The average Bonchev–Trinajstić information content (AvgIpc) is 2.34. The molecule has 0 saturated carbocycles. The van der Waals surface area contributed by atoms with Crippen LogP contribution in [-0.4, -0.2) is 22.1 Å². The first-order valence-electron chi connectivity index (χ1n) is 3.21. The van der Waals surface area contributed by atoms with Crippen LogP contribution in [0.25, 0.3) is 0 Å². The van der Waals surface area contributed by atoms with E-state index in [0.29, 0.717) is 0 Å². The Morgan fingerprint density at radius 2 is 2.31 bits per heavy atom. The second kappa shape index (κ2) is 4.76. The first-order valence-corrected chi connectivity index (χ1v) is 3.21. The van der Waals surface area contributed by atoms with Gasteiger partial charge >= 0.3 is 0 Å². The van der Waals surface area contributed by atoms with Crippen molar-refractivity contribution in [1.82, 2.24) is 9.78 Å². The number of carbonyl (C=O) groups is 1. The molecule has 0 aromatic carbocycles. The predicted octanol–water partition coefficient (Wildman–Crippen LogP) is 0.669. The summed E-state index contributed by atoms with van der Waals surface area (Å²) in [5.41, 5.74) is 4.85. The van der Waals surface area contributed by atoms with Gasteiger partial charge in [0.15, 0.2) is 0 Å². The molecule has 0 aliphatic rings. The average molecular weight is 212 g/mol. The molecule has 0 aliphatic heterocycles. The molecule has 0 radical (unpaired) electrons. The van der Waals surface area contributed by atoms with Crippen molar-refractivity contribution in [2.45, 2.75) is 13.0 Å². The Bertz CT molecular complexity index is 289.